The van der Waals surface area contributed by atoms with Gasteiger partial charge in [-0.25, -0.2) is 0 Å². The summed E-state index contributed by atoms with van der Waals surface area (Å²) in [6, 6.07) is 5.72. The van der Waals surface area contributed by atoms with Crippen molar-refractivity contribution >= 4 is 5.97 Å². The van der Waals surface area contributed by atoms with Gasteiger partial charge in [-0.2, -0.15) is 0 Å². The van der Waals surface area contributed by atoms with E-state index in [4.69, 9.17) is 0 Å². The Labute approximate surface area is 89.7 Å². The summed E-state index contributed by atoms with van der Waals surface area (Å²) in [7, 11) is 1.43. The average molecular weight is 208 g/mol. The first kappa shape index (κ1) is 11.7. The van der Waals surface area contributed by atoms with Crippen LogP contribution in [0.2, 0.25) is 0 Å². The normalized spacial score (nSPS) is 18.9. The summed E-state index contributed by atoms with van der Waals surface area (Å²) in [5, 5.41) is 3.09. The van der Waals surface area contributed by atoms with Gasteiger partial charge in [0, 0.05) is 18.9 Å². The molecule has 82 valence electrons. The molecule has 1 N–H and O–H groups in total. The molecule has 1 aromatic heterocycles. The Morgan fingerprint density at radius 3 is 2.47 bits per heavy atom. The van der Waals surface area contributed by atoms with Crippen LogP contribution in [0.25, 0.3) is 0 Å². The number of nitrogens with zero attached hydrogens (tertiary/aromatic N) is 1. The summed E-state index contributed by atoms with van der Waals surface area (Å²) >= 11 is 0. The van der Waals surface area contributed by atoms with Crippen LogP contribution >= 0.6 is 0 Å². The van der Waals surface area contributed by atoms with Gasteiger partial charge in [-0.3, -0.25) is 9.78 Å². The number of hydrogen-bond acceptors (Lipinski definition) is 4. The van der Waals surface area contributed by atoms with E-state index in [9.17, 15) is 4.79 Å². The smallest absolute Gasteiger partial charge is 0.309 e. The second-order valence-corrected chi connectivity index (χ2v) is 3.24. The van der Waals surface area contributed by atoms with E-state index in [1.54, 1.807) is 12.4 Å². The van der Waals surface area contributed by atoms with Crippen LogP contribution in [0.3, 0.4) is 0 Å². The van der Waals surface area contributed by atoms with Gasteiger partial charge in [0.2, 0.25) is 0 Å². The van der Waals surface area contributed by atoms with Crippen LogP contribution in [0.5, 0.6) is 0 Å². The zero-order valence-corrected chi connectivity index (χ0v) is 8.85. The minimum Gasteiger partial charge on any atom is -0.469 e. The first-order chi connectivity index (χ1) is 7.34. The lowest BCUT2D eigenvalue weighted by atomic mass is 10.1. The number of nitrogens with one attached hydrogen (secondary N) is 1. The van der Waals surface area contributed by atoms with Crippen molar-refractivity contribution in [2.24, 2.45) is 5.92 Å². The van der Waals surface area contributed by atoms with Crippen molar-refractivity contribution in [2.45, 2.75) is 6.42 Å². The molecule has 1 aliphatic heterocycles. The lowest BCUT2D eigenvalue weighted by Crippen LogP contribution is -2.18. The van der Waals surface area contributed by atoms with Crippen molar-refractivity contribution in [2.75, 3.05) is 20.2 Å². The predicted octanol–water partition coefficient (Wildman–Crippen LogP) is 0.850. The topological polar surface area (TPSA) is 51.2 Å². The van der Waals surface area contributed by atoms with Gasteiger partial charge in [-0.05, 0) is 25.1 Å². The number of carbonyl (C=O) groups excluding carboxylic acids is 1. The molecule has 0 bridgehead atoms. The van der Waals surface area contributed by atoms with Gasteiger partial charge in [0.25, 0.3) is 0 Å². The summed E-state index contributed by atoms with van der Waals surface area (Å²) in [5.74, 6) is 0.0231. The molecule has 4 nitrogen and oxygen atoms in total. The maximum absolute atomic E-state index is 10.8. The molecule has 0 amide bonds. The lowest BCUT2D eigenvalue weighted by molar-refractivity contribution is -0.144. The van der Waals surface area contributed by atoms with Gasteiger partial charge in [0.05, 0.1) is 13.0 Å². The van der Waals surface area contributed by atoms with Crippen LogP contribution in [0.15, 0.2) is 30.6 Å². The van der Waals surface area contributed by atoms with Crippen molar-refractivity contribution in [1.29, 1.82) is 0 Å². The van der Waals surface area contributed by atoms with E-state index in [1.165, 1.54) is 7.11 Å². The first-order valence-corrected chi connectivity index (χ1v) is 4.98. The third-order valence-corrected chi connectivity index (χ3v) is 2.16. The van der Waals surface area contributed by atoms with Gasteiger partial charge in [0.15, 0.2) is 0 Å². The SMILES string of the molecule is COC(=O)[C@H]1CCNC1.c1ccncc1. The maximum Gasteiger partial charge on any atom is 0.309 e. The fourth-order valence-corrected chi connectivity index (χ4v) is 1.34. The Hall–Kier alpha value is -1.42. The Bertz CT molecular complexity index is 244. The summed E-state index contributed by atoms with van der Waals surface area (Å²) in [6.07, 6.45) is 4.42. The van der Waals surface area contributed by atoms with Crippen LogP contribution in [0.4, 0.5) is 0 Å². The number of methoxy groups -OCH3 is 1. The molecule has 2 heterocycles. The van der Waals surface area contributed by atoms with Crippen molar-refractivity contribution in [3.8, 4) is 0 Å². The minimum atomic E-state index is -0.0833. The van der Waals surface area contributed by atoms with Crippen molar-refractivity contribution < 1.29 is 9.53 Å². The summed E-state index contributed by atoms with van der Waals surface area (Å²) in [5.41, 5.74) is 0. The standard InChI is InChI=1S/C6H11NO2.C5H5N/c1-9-6(8)5-2-3-7-4-5;1-2-4-6-5-3-1/h5,7H,2-4H2,1H3;1-5H/t5-;/m0./s1. The second kappa shape index (κ2) is 6.95. The highest BCUT2D eigenvalue weighted by Crippen LogP contribution is 2.07. The van der Waals surface area contributed by atoms with E-state index in [0.717, 1.165) is 19.5 Å². The Morgan fingerprint density at radius 2 is 2.13 bits per heavy atom. The van der Waals surface area contributed by atoms with E-state index in [2.05, 4.69) is 15.0 Å². The molecule has 1 aromatic rings. The number of ether oxygens (including phenoxy) is 1. The Kier molecular flexibility index (Phi) is 5.40. The van der Waals surface area contributed by atoms with Gasteiger partial charge in [-0.15, -0.1) is 0 Å². The number of hydrogen-bond donors (Lipinski definition) is 1. The summed E-state index contributed by atoms with van der Waals surface area (Å²) < 4.78 is 4.56. The Balaban J connectivity index is 0.000000162. The average Bonchev–Trinajstić information content (AvgIpc) is 2.85. The minimum absolute atomic E-state index is 0.0833. The Morgan fingerprint density at radius 1 is 1.40 bits per heavy atom. The lowest BCUT2D eigenvalue weighted by Gasteiger charge is -2.02. The van der Waals surface area contributed by atoms with Gasteiger partial charge in [0.1, 0.15) is 0 Å². The highest BCUT2D eigenvalue weighted by atomic mass is 16.5. The zero-order valence-electron chi connectivity index (χ0n) is 8.85. The molecule has 4 heteroatoms. The number of aromatic nitrogens is 1. The van der Waals surface area contributed by atoms with Crippen LogP contribution in [0.1, 0.15) is 6.42 Å². The first-order valence-electron chi connectivity index (χ1n) is 4.98. The molecule has 0 aromatic carbocycles. The van der Waals surface area contributed by atoms with Crippen LogP contribution in [-0.2, 0) is 9.53 Å². The molecule has 0 radical (unpaired) electrons. The van der Waals surface area contributed by atoms with E-state index >= 15 is 0 Å². The largest absolute Gasteiger partial charge is 0.469 e. The molecule has 15 heavy (non-hydrogen) atoms. The fourth-order valence-electron chi connectivity index (χ4n) is 1.34. The molecule has 0 unspecified atom stereocenters. The number of esters is 1. The van der Waals surface area contributed by atoms with Crippen LogP contribution in [-0.4, -0.2) is 31.2 Å². The van der Waals surface area contributed by atoms with Crippen molar-refractivity contribution in [3.63, 3.8) is 0 Å². The third kappa shape index (κ3) is 4.56. The molecule has 0 aliphatic carbocycles. The van der Waals surface area contributed by atoms with Crippen molar-refractivity contribution in [1.82, 2.24) is 10.3 Å². The van der Waals surface area contributed by atoms with E-state index in [1.807, 2.05) is 18.2 Å². The molecule has 0 spiro atoms. The zero-order chi connectivity index (χ0) is 10.9. The van der Waals surface area contributed by atoms with Gasteiger partial charge >= 0.3 is 5.97 Å². The van der Waals surface area contributed by atoms with Crippen LogP contribution < -0.4 is 5.32 Å². The van der Waals surface area contributed by atoms with Crippen molar-refractivity contribution in [3.05, 3.63) is 30.6 Å². The number of pyridine rings is 1. The highest BCUT2D eigenvalue weighted by Gasteiger charge is 2.22. The molecule has 1 aliphatic rings. The van der Waals surface area contributed by atoms with Crippen LogP contribution in [0, 0.1) is 5.92 Å². The molecule has 1 atom stereocenters. The molecular weight excluding hydrogens is 192 g/mol. The maximum atomic E-state index is 10.8. The van der Waals surface area contributed by atoms with Gasteiger partial charge < -0.3 is 10.1 Å². The molecule has 1 saturated heterocycles. The molecular formula is C11H16N2O2. The van der Waals surface area contributed by atoms with E-state index in [-0.39, 0.29) is 11.9 Å². The quantitative estimate of drug-likeness (QED) is 0.695. The molecule has 0 saturated carbocycles. The number of rotatable bonds is 1. The summed E-state index contributed by atoms with van der Waals surface area (Å²) in [4.78, 5) is 14.5. The summed E-state index contributed by atoms with van der Waals surface area (Å²) in [6.45, 7) is 1.73. The van der Waals surface area contributed by atoms with E-state index < -0.39 is 0 Å². The third-order valence-electron chi connectivity index (χ3n) is 2.16. The van der Waals surface area contributed by atoms with Gasteiger partial charge in [-0.1, -0.05) is 6.07 Å². The highest BCUT2D eigenvalue weighted by molar-refractivity contribution is 5.72. The molecule has 2 rings (SSSR count). The fraction of sp³-hybridized carbons (Fsp3) is 0.455. The second-order valence-electron chi connectivity index (χ2n) is 3.24. The number of carbonyl (C=O) groups is 1. The molecule has 1 fully saturated rings. The monoisotopic (exact) mass is 208 g/mol. The van der Waals surface area contributed by atoms with E-state index in [0.29, 0.717) is 0 Å². The predicted molar refractivity (Wildman–Crippen MR) is 57.2 cm³/mol.